The Bertz CT molecular complexity index is 1420. The lowest BCUT2D eigenvalue weighted by Gasteiger charge is -2.20. The van der Waals surface area contributed by atoms with Gasteiger partial charge < -0.3 is 21.5 Å². The van der Waals surface area contributed by atoms with E-state index >= 15 is 0 Å². The van der Waals surface area contributed by atoms with Crippen LogP contribution >= 0.6 is 11.6 Å². The lowest BCUT2D eigenvalue weighted by Crippen LogP contribution is -2.42. The molecule has 0 radical (unpaired) electrons. The van der Waals surface area contributed by atoms with Crippen molar-refractivity contribution < 1.29 is 41.0 Å². The summed E-state index contributed by atoms with van der Waals surface area (Å²) in [6.07, 6.45) is -12.7. The Hall–Kier alpha value is -4.05. The fraction of sp³-hybridized carbons (Fsp3) is 0.304. The van der Waals surface area contributed by atoms with E-state index in [2.05, 4.69) is 15.7 Å². The molecule has 216 valence electrons. The molecular weight excluding hydrogens is 574 g/mol. The number of hydrogen-bond donors (Lipinski definition) is 4. The van der Waals surface area contributed by atoms with Gasteiger partial charge in [-0.3, -0.25) is 9.36 Å². The van der Waals surface area contributed by atoms with Crippen LogP contribution in [0.3, 0.4) is 0 Å². The molecule has 2 aromatic carbocycles. The van der Waals surface area contributed by atoms with Crippen molar-refractivity contribution in [3.8, 4) is 11.4 Å². The molecule has 0 saturated heterocycles. The van der Waals surface area contributed by atoms with E-state index in [1.165, 1.54) is 30.3 Å². The molecule has 0 aliphatic carbocycles. The van der Waals surface area contributed by atoms with Crippen molar-refractivity contribution in [2.24, 2.45) is 5.73 Å². The molecule has 3 amide bonds. The highest BCUT2D eigenvalue weighted by Crippen LogP contribution is 2.31. The number of nitrogens with zero attached hydrogens (tertiary/aromatic N) is 3. The van der Waals surface area contributed by atoms with Crippen LogP contribution in [-0.4, -0.2) is 50.2 Å². The third kappa shape index (κ3) is 7.75. The van der Waals surface area contributed by atoms with Crippen LogP contribution in [0.4, 0.5) is 31.1 Å². The summed E-state index contributed by atoms with van der Waals surface area (Å²) in [5.41, 5.74) is 2.89. The Labute approximate surface area is 226 Å². The van der Waals surface area contributed by atoms with Crippen LogP contribution in [0.1, 0.15) is 17.2 Å². The number of primary amides is 1. The third-order valence-corrected chi connectivity index (χ3v) is 5.74. The van der Waals surface area contributed by atoms with Crippen LogP contribution < -0.4 is 22.1 Å². The second-order valence-electron chi connectivity index (χ2n) is 8.43. The van der Waals surface area contributed by atoms with Crippen molar-refractivity contribution in [1.82, 2.24) is 25.0 Å². The van der Waals surface area contributed by atoms with Crippen molar-refractivity contribution >= 4 is 23.5 Å². The van der Waals surface area contributed by atoms with Gasteiger partial charge in [-0.25, -0.2) is 14.3 Å². The molecule has 3 aromatic rings. The van der Waals surface area contributed by atoms with Gasteiger partial charge in [0.1, 0.15) is 6.54 Å². The lowest BCUT2D eigenvalue weighted by atomic mass is 10.0. The second-order valence-corrected chi connectivity index (χ2v) is 8.86. The first kappa shape index (κ1) is 30.5. The molecule has 1 heterocycles. The number of carbonyl (C=O) groups is 2. The molecule has 0 aliphatic rings. The summed E-state index contributed by atoms with van der Waals surface area (Å²) < 4.78 is 79.7. The predicted molar refractivity (Wildman–Crippen MR) is 129 cm³/mol. The summed E-state index contributed by atoms with van der Waals surface area (Å²) in [4.78, 5) is 36.9. The first-order chi connectivity index (χ1) is 18.6. The van der Waals surface area contributed by atoms with Crippen LogP contribution in [0.25, 0.3) is 11.4 Å². The summed E-state index contributed by atoms with van der Waals surface area (Å²) in [5.74, 6) is -1.30. The predicted octanol–water partition coefficient (Wildman–Crippen LogP) is 2.83. The molecular formula is C23H21ClF6N6O4. The van der Waals surface area contributed by atoms with E-state index in [1.54, 1.807) is 0 Å². The van der Waals surface area contributed by atoms with Gasteiger partial charge in [-0.2, -0.15) is 26.3 Å². The number of alkyl halides is 6. The number of aliphatic hydroxyl groups excluding tert-OH is 1. The van der Waals surface area contributed by atoms with Crippen LogP contribution in [-0.2, 0) is 24.1 Å². The highest BCUT2D eigenvalue weighted by molar-refractivity contribution is 6.30. The Balaban J connectivity index is 1.93. The maximum atomic E-state index is 13.2. The number of carbonyl (C=O) groups excluding carboxylic acids is 2. The minimum Gasteiger partial charge on any atom is -0.382 e. The van der Waals surface area contributed by atoms with E-state index in [4.69, 9.17) is 17.3 Å². The van der Waals surface area contributed by atoms with Crippen molar-refractivity contribution in [2.75, 3.05) is 6.54 Å². The van der Waals surface area contributed by atoms with Crippen molar-refractivity contribution in [3.05, 3.63) is 75.2 Å². The average molecular weight is 595 g/mol. The molecule has 2 atom stereocenters. The lowest BCUT2D eigenvalue weighted by molar-refractivity contribution is -0.207. The maximum absolute atomic E-state index is 13.2. The Morgan fingerprint density at radius 3 is 2.30 bits per heavy atom. The van der Waals surface area contributed by atoms with Gasteiger partial charge in [0.05, 0.1) is 18.2 Å². The second kappa shape index (κ2) is 12.0. The molecule has 0 saturated carbocycles. The molecule has 0 fully saturated rings. The van der Waals surface area contributed by atoms with E-state index in [0.717, 1.165) is 18.2 Å². The molecule has 10 nitrogen and oxygen atoms in total. The average Bonchev–Trinajstić information content (AvgIpc) is 3.15. The number of hydrogen-bond acceptors (Lipinski definition) is 5. The van der Waals surface area contributed by atoms with Gasteiger partial charge in [-0.15, -0.1) is 5.10 Å². The smallest absolute Gasteiger partial charge is 0.382 e. The summed E-state index contributed by atoms with van der Waals surface area (Å²) in [5, 5.41) is 18.3. The van der Waals surface area contributed by atoms with E-state index in [9.17, 15) is 45.8 Å². The van der Waals surface area contributed by atoms with Crippen molar-refractivity contribution in [1.29, 1.82) is 0 Å². The van der Waals surface area contributed by atoms with Crippen LogP contribution in [0.2, 0.25) is 5.02 Å². The molecule has 17 heteroatoms. The zero-order valence-electron chi connectivity index (χ0n) is 20.1. The highest BCUT2D eigenvalue weighted by atomic mass is 35.5. The number of amides is 3. The van der Waals surface area contributed by atoms with E-state index in [-0.39, 0.29) is 22.0 Å². The number of halogens is 7. The van der Waals surface area contributed by atoms with Crippen molar-refractivity contribution in [3.63, 3.8) is 0 Å². The Kier molecular flexibility index (Phi) is 9.14. The zero-order chi connectivity index (χ0) is 29.8. The summed E-state index contributed by atoms with van der Waals surface area (Å²) in [6, 6.07) is 7.05. The highest BCUT2D eigenvalue weighted by Gasteiger charge is 2.39. The molecule has 0 bridgehead atoms. The number of rotatable bonds is 9. The molecule has 5 N–H and O–H groups in total. The minimum atomic E-state index is -5.07. The molecule has 40 heavy (non-hydrogen) atoms. The van der Waals surface area contributed by atoms with Gasteiger partial charge in [0.2, 0.25) is 5.91 Å². The number of aromatic nitrogens is 3. The van der Waals surface area contributed by atoms with E-state index in [1.807, 2.05) is 0 Å². The first-order valence-corrected chi connectivity index (χ1v) is 11.6. The van der Waals surface area contributed by atoms with Gasteiger partial charge in [-0.1, -0.05) is 23.7 Å². The van der Waals surface area contributed by atoms with Gasteiger partial charge in [0.15, 0.2) is 11.9 Å². The van der Waals surface area contributed by atoms with Crippen LogP contribution in [0.15, 0.2) is 53.3 Å². The van der Waals surface area contributed by atoms with E-state index in [0.29, 0.717) is 9.25 Å². The summed E-state index contributed by atoms with van der Waals surface area (Å²) >= 11 is 5.83. The van der Waals surface area contributed by atoms with Gasteiger partial charge in [0, 0.05) is 17.1 Å². The summed E-state index contributed by atoms with van der Waals surface area (Å²) in [7, 11) is 0. The summed E-state index contributed by atoms with van der Waals surface area (Å²) in [6.45, 7) is -2.54. The SMILES string of the molecule is NC(=O)NCC(NC(=O)Cn1nc(-c2ccc(Cl)cc2)n(C[C@H](O)C(F)(F)F)c1=O)c1cccc(C(F)(F)F)c1. The normalized spacial score (nSPS) is 13.5. The topological polar surface area (TPSA) is 144 Å². The van der Waals surface area contributed by atoms with Gasteiger partial charge >= 0.3 is 24.1 Å². The van der Waals surface area contributed by atoms with Gasteiger partial charge in [0.25, 0.3) is 0 Å². The quantitative estimate of drug-likeness (QED) is 0.282. The third-order valence-electron chi connectivity index (χ3n) is 5.48. The fourth-order valence-electron chi connectivity index (χ4n) is 3.56. The zero-order valence-corrected chi connectivity index (χ0v) is 20.9. The van der Waals surface area contributed by atoms with Gasteiger partial charge in [-0.05, 0) is 42.0 Å². The van der Waals surface area contributed by atoms with Crippen LogP contribution in [0.5, 0.6) is 0 Å². The first-order valence-electron chi connectivity index (χ1n) is 11.2. The molecule has 1 aromatic heterocycles. The maximum Gasteiger partial charge on any atom is 0.416 e. The van der Waals surface area contributed by atoms with Crippen LogP contribution in [0, 0.1) is 0 Å². The molecule has 1 unspecified atom stereocenters. The largest absolute Gasteiger partial charge is 0.416 e. The number of nitrogens with one attached hydrogen (secondary N) is 2. The molecule has 0 spiro atoms. The number of nitrogens with two attached hydrogens (primary N) is 1. The standard InChI is InChI=1S/C23H21ClF6N6O4/c24-15-6-4-12(5-7-15)19-34-36(21(40)35(19)10-17(37)23(28,29)30)11-18(38)33-16(9-32-20(31)39)13-2-1-3-14(8-13)22(25,26)27/h1-8,16-17,37H,9-11H2,(H,33,38)(H3,31,32,39)/t16?,17-/m0/s1. The molecule has 0 aliphatic heterocycles. The minimum absolute atomic E-state index is 0.0649. The Morgan fingerprint density at radius 2 is 1.73 bits per heavy atom. The monoisotopic (exact) mass is 594 g/mol. The number of benzene rings is 2. The number of aliphatic hydroxyl groups is 1. The fourth-order valence-corrected chi connectivity index (χ4v) is 3.69. The van der Waals surface area contributed by atoms with Crippen molar-refractivity contribution in [2.45, 2.75) is 37.6 Å². The molecule has 3 rings (SSSR count). The van der Waals surface area contributed by atoms with E-state index < -0.39 is 67.3 Å². The number of urea groups is 1. The Morgan fingerprint density at radius 1 is 1.07 bits per heavy atom.